The number of hydrogen-bond acceptors (Lipinski definition) is 2. The van der Waals surface area contributed by atoms with Crippen LogP contribution in [0.15, 0.2) is 16.6 Å². The van der Waals surface area contributed by atoms with Crippen LogP contribution in [0.25, 0.3) is 0 Å². The van der Waals surface area contributed by atoms with E-state index in [9.17, 15) is 0 Å². The van der Waals surface area contributed by atoms with Gasteiger partial charge in [0.25, 0.3) is 0 Å². The van der Waals surface area contributed by atoms with Crippen molar-refractivity contribution in [3.8, 4) is 5.75 Å². The molecule has 0 amide bonds. The Kier molecular flexibility index (Phi) is 7.71. The lowest BCUT2D eigenvalue weighted by Crippen LogP contribution is -2.22. The number of halogens is 2. The molecule has 18 heavy (non-hydrogen) atoms. The van der Waals surface area contributed by atoms with Crippen molar-refractivity contribution in [3.05, 3.63) is 27.2 Å². The van der Waals surface area contributed by atoms with Gasteiger partial charge in [-0.3, -0.25) is 0 Å². The van der Waals surface area contributed by atoms with Gasteiger partial charge < -0.3 is 10.1 Å². The molecular formula is C14H21BrClNO. The molecular weight excluding hydrogens is 314 g/mol. The van der Waals surface area contributed by atoms with Crippen LogP contribution in [0.4, 0.5) is 0 Å². The van der Waals surface area contributed by atoms with Crippen LogP contribution in [0.5, 0.6) is 5.75 Å². The molecule has 1 N–H and O–H groups in total. The van der Waals surface area contributed by atoms with Crippen LogP contribution in [-0.2, 0) is 0 Å². The van der Waals surface area contributed by atoms with Gasteiger partial charge >= 0.3 is 0 Å². The zero-order valence-corrected chi connectivity index (χ0v) is 13.4. The number of hydrogen-bond donors (Lipinski definition) is 1. The third-order valence-corrected chi connectivity index (χ3v) is 3.42. The lowest BCUT2D eigenvalue weighted by Gasteiger charge is -2.12. The summed E-state index contributed by atoms with van der Waals surface area (Å²) in [6.45, 7) is 6.77. The number of nitrogens with one attached hydrogen (secondary N) is 1. The number of benzene rings is 1. The Morgan fingerprint density at radius 3 is 2.72 bits per heavy atom. The summed E-state index contributed by atoms with van der Waals surface area (Å²) in [6, 6.07) is 3.87. The second-order valence-electron chi connectivity index (χ2n) is 4.34. The third-order valence-electron chi connectivity index (χ3n) is 2.68. The highest BCUT2D eigenvalue weighted by molar-refractivity contribution is 9.10. The molecule has 0 aliphatic carbocycles. The van der Waals surface area contributed by atoms with Gasteiger partial charge in [-0.25, -0.2) is 0 Å². The average Bonchev–Trinajstić information content (AvgIpc) is 2.30. The molecule has 0 bridgehead atoms. The molecule has 1 rings (SSSR count). The molecule has 0 spiro atoms. The highest BCUT2D eigenvalue weighted by atomic mass is 79.9. The van der Waals surface area contributed by atoms with Gasteiger partial charge in [-0.1, -0.05) is 47.3 Å². The SMILES string of the molecule is CCCCCNCCOc1c(C)cc(Br)cc1Cl. The van der Waals surface area contributed by atoms with E-state index in [1.54, 1.807) is 0 Å². The molecule has 0 aromatic heterocycles. The van der Waals surface area contributed by atoms with Crippen LogP contribution < -0.4 is 10.1 Å². The summed E-state index contributed by atoms with van der Waals surface area (Å²) in [4.78, 5) is 0. The first-order valence-corrected chi connectivity index (χ1v) is 7.61. The second-order valence-corrected chi connectivity index (χ2v) is 5.66. The molecule has 0 radical (unpaired) electrons. The fraction of sp³-hybridized carbons (Fsp3) is 0.571. The van der Waals surface area contributed by atoms with Crippen molar-refractivity contribution in [2.75, 3.05) is 19.7 Å². The van der Waals surface area contributed by atoms with Crippen molar-refractivity contribution in [2.45, 2.75) is 33.1 Å². The van der Waals surface area contributed by atoms with E-state index in [1.807, 2.05) is 19.1 Å². The van der Waals surface area contributed by atoms with Crippen molar-refractivity contribution in [1.29, 1.82) is 0 Å². The van der Waals surface area contributed by atoms with Crippen molar-refractivity contribution in [2.24, 2.45) is 0 Å². The minimum atomic E-state index is 0.647. The Hall–Kier alpha value is -0.250. The van der Waals surface area contributed by atoms with Gasteiger partial charge in [0.05, 0.1) is 5.02 Å². The van der Waals surface area contributed by atoms with E-state index in [4.69, 9.17) is 16.3 Å². The van der Waals surface area contributed by atoms with Gasteiger partial charge in [-0.15, -0.1) is 0 Å². The van der Waals surface area contributed by atoms with E-state index in [0.29, 0.717) is 11.6 Å². The fourth-order valence-corrected chi connectivity index (χ4v) is 2.75. The minimum Gasteiger partial charge on any atom is -0.490 e. The molecule has 0 atom stereocenters. The molecule has 0 unspecified atom stereocenters. The zero-order chi connectivity index (χ0) is 13.4. The first-order valence-electron chi connectivity index (χ1n) is 6.44. The summed E-state index contributed by atoms with van der Waals surface area (Å²) < 4.78 is 6.70. The second kappa shape index (κ2) is 8.78. The van der Waals surface area contributed by atoms with E-state index in [-0.39, 0.29) is 0 Å². The Morgan fingerprint density at radius 1 is 1.28 bits per heavy atom. The minimum absolute atomic E-state index is 0.647. The third kappa shape index (κ3) is 5.59. The summed E-state index contributed by atoms with van der Waals surface area (Å²) >= 11 is 9.55. The molecule has 0 saturated carbocycles. The standard InChI is InChI=1S/C14H21BrClNO/c1-3-4-5-6-17-7-8-18-14-11(2)9-12(15)10-13(14)16/h9-10,17H,3-8H2,1-2H3. The predicted molar refractivity (Wildman–Crippen MR) is 81.8 cm³/mol. The smallest absolute Gasteiger partial charge is 0.140 e. The Balaban J connectivity index is 2.27. The molecule has 4 heteroatoms. The molecule has 1 aromatic rings. The first-order chi connectivity index (χ1) is 8.65. The quantitative estimate of drug-likeness (QED) is 0.703. The van der Waals surface area contributed by atoms with Gasteiger partial charge in [0.2, 0.25) is 0 Å². The largest absolute Gasteiger partial charge is 0.490 e. The Bertz CT molecular complexity index is 348. The molecule has 0 aliphatic heterocycles. The summed E-state index contributed by atoms with van der Waals surface area (Å²) in [5.41, 5.74) is 1.06. The van der Waals surface area contributed by atoms with E-state index in [0.717, 1.165) is 28.9 Å². The normalized spacial score (nSPS) is 10.7. The molecule has 0 heterocycles. The number of rotatable bonds is 8. The molecule has 0 aliphatic rings. The van der Waals surface area contributed by atoms with Crippen molar-refractivity contribution in [3.63, 3.8) is 0 Å². The van der Waals surface area contributed by atoms with Gasteiger partial charge in [0.1, 0.15) is 12.4 Å². The topological polar surface area (TPSA) is 21.3 Å². The van der Waals surface area contributed by atoms with Gasteiger partial charge in [0, 0.05) is 11.0 Å². The molecule has 0 fully saturated rings. The highest BCUT2D eigenvalue weighted by Crippen LogP contribution is 2.31. The van der Waals surface area contributed by atoms with Crippen LogP contribution in [0.3, 0.4) is 0 Å². The predicted octanol–water partition coefficient (Wildman–Crippen LogP) is 4.57. The van der Waals surface area contributed by atoms with Gasteiger partial charge in [0.15, 0.2) is 0 Å². The zero-order valence-electron chi connectivity index (χ0n) is 11.1. The summed E-state index contributed by atoms with van der Waals surface area (Å²) in [6.07, 6.45) is 3.77. The van der Waals surface area contributed by atoms with Crippen molar-refractivity contribution < 1.29 is 4.74 Å². The van der Waals surface area contributed by atoms with Crippen LogP contribution in [0, 0.1) is 6.92 Å². The summed E-state index contributed by atoms with van der Waals surface area (Å²) in [5.74, 6) is 0.787. The van der Waals surface area contributed by atoms with E-state index < -0.39 is 0 Å². The maximum atomic E-state index is 6.14. The van der Waals surface area contributed by atoms with Crippen LogP contribution in [0.1, 0.15) is 31.7 Å². The van der Waals surface area contributed by atoms with Crippen molar-refractivity contribution in [1.82, 2.24) is 5.32 Å². The van der Waals surface area contributed by atoms with Crippen molar-refractivity contribution >= 4 is 27.5 Å². The van der Waals surface area contributed by atoms with Crippen LogP contribution in [-0.4, -0.2) is 19.7 Å². The Morgan fingerprint density at radius 2 is 2.06 bits per heavy atom. The Labute approximate surface area is 123 Å². The average molecular weight is 335 g/mol. The highest BCUT2D eigenvalue weighted by Gasteiger charge is 2.06. The number of ether oxygens (including phenoxy) is 1. The number of unbranched alkanes of at least 4 members (excludes halogenated alkanes) is 2. The maximum Gasteiger partial charge on any atom is 0.140 e. The van der Waals surface area contributed by atoms with Crippen LogP contribution in [0.2, 0.25) is 5.02 Å². The molecule has 2 nitrogen and oxygen atoms in total. The monoisotopic (exact) mass is 333 g/mol. The maximum absolute atomic E-state index is 6.14. The lowest BCUT2D eigenvalue weighted by atomic mass is 10.2. The van der Waals surface area contributed by atoms with Gasteiger partial charge in [-0.05, 0) is 37.6 Å². The van der Waals surface area contributed by atoms with Crippen LogP contribution >= 0.6 is 27.5 Å². The molecule has 1 aromatic carbocycles. The van der Waals surface area contributed by atoms with Gasteiger partial charge in [-0.2, -0.15) is 0 Å². The lowest BCUT2D eigenvalue weighted by molar-refractivity contribution is 0.312. The van der Waals surface area contributed by atoms with E-state index >= 15 is 0 Å². The summed E-state index contributed by atoms with van der Waals surface area (Å²) in [5, 5.41) is 4.02. The molecule has 102 valence electrons. The van der Waals surface area contributed by atoms with E-state index in [1.165, 1.54) is 19.3 Å². The summed E-state index contributed by atoms with van der Waals surface area (Å²) in [7, 11) is 0. The van der Waals surface area contributed by atoms with E-state index in [2.05, 4.69) is 28.2 Å². The fourth-order valence-electron chi connectivity index (χ4n) is 1.72. The first kappa shape index (κ1) is 15.8. The number of aryl methyl sites for hydroxylation is 1. The molecule has 0 saturated heterocycles.